The number of fused-ring (bicyclic) bond motifs is 5. The van der Waals surface area contributed by atoms with Crippen LogP contribution in [0.25, 0.3) is 0 Å². The van der Waals surface area contributed by atoms with E-state index in [0.29, 0.717) is 31.1 Å². The zero-order valence-corrected chi connectivity index (χ0v) is 21.4. The van der Waals surface area contributed by atoms with Crippen LogP contribution in [0.2, 0.25) is 0 Å². The predicted octanol–water partition coefficient (Wildman–Crippen LogP) is 3.73. The van der Waals surface area contributed by atoms with Crippen molar-refractivity contribution in [2.24, 2.45) is 34.5 Å². The molecule has 0 aromatic heterocycles. The molecule has 5 N–H and O–H groups in total. The topological polar surface area (TPSA) is 101 Å². The van der Waals surface area contributed by atoms with Crippen molar-refractivity contribution in [1.29, 1.82) is 0 Å². The van der Waals surface area contributed by atoms with Crippen LogP contribution in [0.4, 0.5) is 0 Å². The van der Waals surface area contributed by atoms with Gasteiger partial charge in [0.25, 0.3) is 0 Å². The Balaban J connectivity index is 1.65. The first kappa shape index (κ1) is 25.4. The van der Waals surface area contributed by atoms with Crippen LogP contribution in [0.15, 0.2) is 23.8 Å². The lowest BCUT2D eigenvalue weighted by Crippen LogP contribution is -2.72. The summed E-state index contributed by atoms with van der Waals surface area (Å²) in [7, 11) is 0. The van der Waals surface area contributed by atoms with Crippen LogP contribution in [0.3, 0.4) is 0 Å². The standard InChI is InChI=1S/C28H46O5/c1-17(7-8-18(2)24(3,4)31)20-9-10-21-22-15-23(30)28(33)16-19(29)11-12-26(28,6)27(22,32)14-13-25(20,21)5/h7-8,15,17-21,23,29-33H,9-14,16H2,1-6H3/b8-7+/t17-,18+,19+,20-,21+,23-,25-,26-,27-,28+/m1/s1. The van der Waals surface area contributed by atoms with Gasteiger partial charge < -0.3 is 25.5 Å². The second-order valence-corrected chi connectivity index (χ2v) is 13.0. The summed E-state index contributed by atoms with van der Waals surface area (Å²) >= 11 is 0. The van der Waals surface area contributed by atoms with Crippen LogP contribution in [0.5, 0.6) is 0 Å². The molecule has 0 spiro atoms. The number of rotatable bonds is 4. The van der Waals surface area contributed by atoms with E-state index in [1.807, 2.05) is 27.7 Å². The molecule has 10 atom stereocenters. The van der Waals surface area contributed by atoms with Crippen molar-refractivity contribution >= 4 is 0 Å². The van der Waals surface area contributed by atoms with Crippen molar-refractivity contribution in [2.45, 2.75) is 115 Å². The van der Waals surface area contributed by atoms with E-state index in [-0.39, 0.29) is 23.7 Å². The highest BCUT2D eigenvalue weighted by Crippen LogP contribution is 2.69. The number of aliphatic hydroxyl groups is 5. The van der Waals surface area contributed by atoms with Gasteiger partial charge in [-0.25, -0.2) is 0 Å². The quantitative estimate of drug-likeness (QED) is 0.410. The van der Waals surface area contributed by atoms with E-state index in [4.69, 9.17) is 0 Å². The van der Waals surface area contributed by atoms with E-state index in [1.54, 1.807) is 6.08 Å². The number of hydrogen-bond acceptors (Lipinski definition) is 5. The van der Waals surface area contributed by atoms with Crippen LogP contribution in [-0.2, 0) is 0 Å². The van der Waals surface area contributed by atoms with Crippen LogP contribution in [-0.4, -0.2) is 54.5 Å². The van der Waals surface area contributed by atoms with Gasteiger partial charge in [-0.15, -0.1) is 0 Å². The monoisotopic (exact) mass is 462 g/mol. The molecule has 4 aliphatic carbocycles. The lowest BCUT2D eigenvalue weighted by molar-refractivity contribution is -0.258. The van der Waals surface area contributed by atoms with E-state index in [9.17, 15) is 25.5 Å². The highest BCUT2D eigenvalue weighted by atomic mass is 16.4. The summed E-state index contributed by atoms with van der Waals surface area (Å²) in [6.07, 6.45) is 9.02. The minimum Gasteiger partial charge on any atom is -0.393 e. The molecular formula is C28H46O5. The van der Waals surface area contributed by atoms with Crippen LogP contribution in [0, 0.1) is 34.5 Å². The molecular weight excluding hydrogens is 416 g/mol. The van der Waals surface area contributed by atoms with E-state index in [0.717, 1.165) is 24.8 Å². The van der Waals surface area contributed by atoms with Crippen LogP contribution >= 0.6 is 0 Å². The van der Waals surface area contributed by atoms with Gasteiger partial charge in [-0.1, -0.05) is 45.9 Å². The lowest BCUT2D eigenvalue weighted by atomic mass is 9.43. The highest BCUT2D eigenvalue weighted by molar-refractivity contribution is 5.40. The molecule has 0 bridgehead atoms. The maximum Gasteiger partial charge on any atom is 0.105 e. The molecule has 0 aromatic carbocycles. The van der Waals surface area contributed by atoms with Crippen molar-refractivity contribution in [3.05, 3.63) is 23.8 Å². The largest absolute Gasteiger partial charge is 0.393 e. The Bertz CT molecular complexity index is 829. The summed E-state index contributed by atoms with van der Waals surface area (Å²) in [5.74, 6) is 1.04. The molecule has 33 heavy (non-hydrogen) atoms. The first-order valence-corrected chi connectivity index (χ1v) is 13.0. The SMILES string of the molecule is C[C@H](/C=C/[C@H](C)C(C)(C)O)[C@H]1CC[C@H]2C3=C[C@@H](O)[C@@]4(O)C[C@@H](O)CC[C@]4(C)[C@@]3(O)CC[C@]12C. The Kier molecular flexibility index (Phi) is 6.07. The van der Waals surface area contributed by atoms with Gasteiger partial charge in [0.15, 0.2) is 0 Å². The van der Waals surface area contributed by atoms with Gasteiger partial charge >= 0.3 is 0 Å². The number of allylic oxidation sites excluding steroid dienone is 1. The average Bonchev–Trinajstić information content (AvgIpc) is 3.07. The first-order chi connectivity index (χ1) is 15.1. The summed E-state index contributed by atoms with van der Waals surface area (Å²) < 4.78 is 0. The Morgan fingerprint density at radius 1 is 1.00 bits per heavy atom. The fourth-order valence-corrected chi connectivity index (χ4v) is 8.12. The van der Waals surface area contributed by atoms with Gasteiger partial charge in [0, 0.05) is 17.8 Å². The maximum atomic E-state index is 12.2. The van der Waals surface area contributed by atoms with Crippen molar-refractivity contribution in [2.75, 3.05) is 0 Å². The molecule has 0 unspecified atom stereocenters. The maximum absolute atomic E-state index is 12.2. The molecule has 4 aliphatic rings. The summed E-state index contributed by atoms with van der Waals surface area (Å²) in [4.78, 5) is 0. The van der Waals surface area contributed by atoms with Crippen molar-refractivity contribution in [1.82, 2.24) is 0 Å². The molecule has 0 radical (unpaired) electrons. The average molecular weight is 463 g/mol. The zero-order chi connectivity index (χ0) is 24.6. The third kappa shape index (κ3) is 3.52. The molecule has 0 saturated heterocycles. The van der Waals surface area contributed by atoms with Crippen LogP contribution < -0.4 is 0 Å². The Hall–Kier alpha value is -0.720. The zero-order valence-electron chi connectivity index (χ0n) is 21.4. The molecule has 3 fully saturated rings. The highest BCUT2D eigenvalue weighted by Gasteiger charge is 2.70. The fourth-order valence-electron chi connectivity index (χ4n) is 8.12. The second-order valence-electron chi connectivity index (χ2n) is 13.0. The molecule has 188 valence electrons. The molecule has 3 saturated carbocycles. The Labute approximate surface area is 199 Å². The molecule has 5 heteroatoms. The molecule has 0 heterocycles. The normalized spacial score (nSPS) is 49.7. The first-order valence-electron chi connectivity index (χ1n) is 13.0. The summed E-state index contributed by atoms with van der Waals surface area (Å²) in [5, 5.41) is 55.5. The van der Waals surface area contributed by atoms with Gasteiger partial charge in [-0.2, -0.15) is 0 Å². The van der Waals surface area contributed by atoms with Crippen molar-refractivity contribution in [3.8, 4) is 0 Å². The summed E-state index contributed by atoms with van der Waals surface area (Å²) in [5.41, 5.74) is -3.36. The van der Waals surface area contributed by atoms with E-state index in [2.05, 4.69) is 26.0 Å². The summed E-state index contributed by atoms with van der Waals surface area (Å²) in [6, 6.07) is 0. The van der Waals surface area contributed by atoms with Gasteiger partial charge in [0.05, 0.1) is 17.3 Å². The van der Waals surface area contributed by atoms with Crippen molar-refractivity contribution < 1.29 is 25.5 Å². The van der Waals surface area contributed by atoms with Crippen molar-refractivity contribution in [3.63, 3.8) is 0 Å². The predicted molar refractivity (Wildman–Crippen MR) is 129 cm³/mol. The van der Waals surface area contributed by atoms with Gasteiger partial charge in [-0.3, -0.25) is 0 Å². The Morgan fingerprint density at radius 3 is 2.30 bits per heavy atom. The minimum atomic E-state index is -1.52. The second kappa shape index (κ2) is 7.89. The number of aliphatic hydroxyl groups excluding tert-OH is 2. The fraction of sp³-hybridized carbons (Fsp3) is 0.857. The van der Waals surface area contributed by atoms with Crippen LogP contribution in [0.1, 0.15) is 86.5 Å². The molecule has 0 aromatic rings. The smallest absolute Gasteiger partial charge is 0.105 e. The van der Waals surface area contributed by atoms with E-state index < -0.39 is 34.4 Å². The molecule has 0 amide bonds. The summed E-state index contributed by atoms with van der Waals surface area (Å²) in [6.45, 7) is 12.3. The molecule has 4 rings (SSSR count). The van der Waals surface area contributed by atoms with Gasteiger partial charge in [-0.05, 0) is 81.1 Å². The number of hydrogen-bond donors (Lipinski definition) is 5. The third-order valence-electron chi connectivity index (χ3n) is 11.0. The molecule has 5 nitrogen and oxygen atoms in total. The van der Waals surface area contributed by atoms with Gasteiger partial charge in [0.2, 0.25) is 0 Å². The van der Waals surface area contributed by atoms with E-state index >= 15 is 0 Å². The van der Waals surface area contributed by atoms with E-state index in [1.165, 1.54) is 0 Å². The Morgan fingerprint density at radius 2 is 1.67 bits per heavy atom. The minimum absolute atomic E-state index is 0.0134. The molecule has 0 aliphatic heterocycles. The third-order valence-corrected chi connectivity index (χ3v) is 11.0. The lowest BCUT2D eigenvalue weighted by Gasteiger charge is -2.65. The van der Waals surface area contributed by atoms with Gasteiger partial charge in [0.1, 0.15) is 11.7 Å².